The van der Waals surface area contributed by atoms with Crippen LogP contribution in [0.15, 0.2) is 72.2 Å². The van der Waals surface area contributed by atoms with Gasteiger partial charge in [0.25, 0.3) is 5.91 Å². The number of aryl methyl sites for hydroxylation is 2. The topological polar surface area (TPSA) is 51.0 Å². The van der Waals surface area contributed by atoms with E-state index in [0.29, 0.717) is 12.2 Å². The van der Waals surface area contributed by atoms with Crippen LogP contribution in [0.3, 0.4) is 0 Å². The average molecular weight is 388 g/mol. The van der Waals surface area contributed by atoms with Crippen molar-refractivity contribution in [3.63, 3.8) is 0 Å². The van der Waals surface area contributed by atoms with E-state index < -0.39 is 0 Å². The number of nitrogens with zero attached hydrogens (tertiary/aromatic N) is 4. The Balaban J connectivity index is 1.74. The fraction of sp³-hybridized carbons (Fsp3) is 0.136. The van der Waals surface area contributed by atoms with Gasteiger partial charge in [-0.2, -0.15) is 5.10 Å². The lowest BCUT2D eigenvalue weighted by Gasteiger charge is -2.21. The van der Waals surface area contributed by atoms with Crippen LogP contribution in [0.25, 0.3) is 11.1 Å². The Bertz CT molecular complexity index is 1070. The van der Waals surface area contributed by atoms with Crippen LogP contribution < -0.4 is 4.90 Å². The third-order valence-electron chi connectivity index (χ3n) is 4.62. The molecule has 2 aromatic carbocycles. The Morgan fingerprint density at radius 1 is 1.07 bits per heavy atom. The SMILES string of the molecule is Cc1cc(C(=O)N(Cc2nccs2)c2cccc(-c3ccccc3)c2)nn1C. The summed E-state index contributed by atoms with van der Waals surface area (Å²) in [5.74, 6) is -0.135. The number of carbonyl (C=O) groups is 1. The minimum atomic E-state index is -0.135. The van der Waals surface area contributed by atoms with Crippen LogP contribution in [0.2, 0.25) is 0 Å². The molecule has 0 atom stereocenters. The Morgan fingerprint density at radius 3 is 2.54 bits per heavy atom. The molecule has 2 aromatic heterocycles. The van der Waals surface area contributed by atoms with Crippen LogP contribution in [-0.2, 0) is 13.6 Å². The van der Waals surface area contributed by atoms with E-state index in [0.717, 1.165) is 27.5 Å². The quantitative estimate of drug-likeness (QED) is 0.498. The molecule has 0 aliphatic rings. The van der Waals surface area contributed by atoms with E-state index in [-0.39, 0.29) is 5.91 Å². The van der Waals surface area contributed by atoms with Crippen molar-refractivity contribution in [3.8, 4) is 11.1 Å². The highest BCUT2D eigenvalue weighted by Gasteiger charge is 2.22. The van der Waals surface area contributed by atoms with Crippen LogP contribution >= 0.6 is 11.3 Å². The van der Waals surface area contributed by atoms with Gasteiger partial charge in [0.2, 0.25) is 0 Å². The first kappa shape index (κ1) is 18.1. The van der Waals surface area contributed by atoms with Gasteiger partial charge in [-0.05, 0) is 36.2 Å². The molecule has 0 aliphatic carbocycles. The molecule has 6 heteroatoms. The van der Waals surface area contributed by atoms with Crippen LogP contribution in [0, 0.1) is 6.92 Å². The van der Waals surface area contributed by atoms with Crippen LogP contribution in [0.4, 0.5) is 5.69 Å². The van der Waals surface area contributed by atoms with Gasteiger partial charge in [-0.1, -0.05) is 42.5 Å². The molecule has 0 spiro atoms. The summed E-state index contributed by atoms with van der Waals surface area (Å²) in [7, 11) is 1.84. The normalized spacial score (nSPS) is 10.8. The summed E-state index contributed by atoms with van der Waals surface area (Å²) in [4.78, 5) is 19.4. The number of benzene rings is 2. The highest BCUT2D eigenvalue weighted by Crippen LogP contribution is 2.27. The molecule has 0 bridgehead atoms. The largest absolute Gasteiger partial charge is 0.300 e. The number of amides is 1. The van der Waals surface area contributed by atoms with Crippen molar-refractivity contribution in [1.29, 1.82) is 0 Å². The summed E-state index contributed by atoms with van der Waals surface area (Å²) >= 11 is 1.54. The van der Waals surface area contributed by atoms with Gasteiger partial charge < -0.3 is 4.90 Å². The number of anilines is 1. The number of rotatable bonds is 5. The summed E-state index contributed by atoms with van der Waals surface area (Å²) in [5.41, 5.74) is 4.37. The maximum absolute atomic E-state index is 13.3. The van der Waals surface area contributed by atoms with Gasteiger partial charge in [0.05, 0.1) is 6.54 Å². The Morgan fingerprint density at radius 2 is 1.86 bits per heavy atom. The molecule has 0 aliphatic heterocycles. The Labute approximate surface area is 167 Å². The van der Waals surface area contributed by atoms with E-state index in [9.17, 15) is 4.79 Å². The van der Waals surface area contributed by atoms with Crippen molar-refractivity contribution in [2.75, 3.05) is 4.90 Å². The lowest BCUT2D eigenvalue weighted by atomic mass is 10.0. The van der Waals surface area contributed by atoms with Crippen LogP contribution in [-0.4, -0.2) is 20.7 Å². The van der Waals surface area contributed by atoms with E-state index in [1.165, 1.54) is 11.3 Å². The molecule has 0 saturated heterocycles. The minimum absolute atomic E-state index is 0.135. The molecular formula is C22H20N4OS. The monoisotopic (exact) mass is 388 g/mol. The number of carbonyl (C=O) groups excluding carboxylic acids is 1. The van der Waals surface area contributed by atoms with Crippen molar-refractivity contribution < 1.29 is 4.79 Å². The second kappa shape index (κ2) is 7.78. The molecule has 1 amide bonds. The number of thiazole rings is 1. The maximum atomic E-state index is 13.3. The molecule has 0 unspecified atom stereocenters. The fourth-order valence-corrected chi connectivity index (χ4v) is 3.64. The lowest BCUT2D eigenvalue weighted by molar-refractivity contribution is 0.0979. The molecular weight excluding hydrogens is 368 g/mol. The Hall–Kier alpha value is -3.25. The van der Waals surface area contributed by atoms with Crippen molar-refractivity contribution in [3.05, 3.63) is 88.6 Å². The molecule has 4 rings (SSSR count). The summed E-state index contributed by atoms with van der Waals surface area (Å²) in [6.07, 6.45) is 1.76. The zero-order chi connectivity index (χ0) is 19.5. The van der Waals surface area contributed by atoms with Gasteiger partial charge in [0.15, 0.2) is 5.69 Å². The zero-order valence-corrected chi connectivity index (χ0v) is 16.6. The first-order chi connectivity index (χ1) is 13.6. The molecule has 28 heavy (non-hydrogen) atoms. The zero-order valence-electron chi connectivity index (χ0n) is 15.7. The van der Waals surface area contributed by atoms with Gasteiger partial charge in [-0.3, -0.25) is 9.48 Å². The van der Waals surface area contributed by atoms with E-state index in [1.54, 1.807) is 15.8 Å². The number of hydrogen-bond acceptors (Lipinski definition) is 4. The van der Waals surface area contributed by atoms with E-state index in [2.05, 4.69) is 28.3 Å². The predicted molar refractivity (Wildman–Crippen MR) is 112 cm³/mol. The summed E-state index contributed by atoms with van der Waals surface area (Å²) in [5, 5.41) is 7.18. The van der Waals surface area contributed by atoms with Gasteiger partial charge in [-0.25, -0.2) is 4.98 Å². The molecule has 5 nitrogen and oxygen atoms in total. The Kier molecular flexibility index (Phi) is 5.04. The maximum Gasteiger partial charge on any atom is 0.279 e. The van der Waals surface area contributed by atoms with Crippen LogP contribution in [0.5, 0.6) is 0 Å². The van der Waals surface area contributed by atoms with Gasteiger partial charge in [-0.15, -0.1) is 11.3 Å². The highest BCUT2D eigenvalue weighted by atomic mass is 32.1. The highest BCUT2D eigenvalue weighted by molar-refractivity contribution is 7.09. The summed E-state index contributed by atoms with van der Waals surface area (Å²) in [6.45, 7) is 2.34. The first-order valence-electron chi connectivity index (χ1n) is 8.98. The van der Waals surface area contributed by atoms with E-state index in [1.807, 2.05) is 61.8 Å². The van der Waals surface area contributed by atoms with Crippen molar-refractivity contribution >= 4 is 22.9 Å². The molecule has 4 aromatic rings. The van der Waals surface area contributed by atoms with Gasteiger partial charge in [0, 0.05) is 30.0 Å². The predicted octanol–water partition coefficient (Wildman–Crippen LogP) is 4.70. The molecule has 0 N–H and O–H groups in total. The van der Waals surface area contributed by atoms with Crippen molar-refractivity contribution in [2.45, 2.75) is 13.5 Å². The van der Waals surface area contributed by atoms with E-state index >= 15 is 0 Å². The minimum Gasteiger partial charge on any atom is -0.300 e. The summed E-state index contributed by atoms with van der Waals surface area (Å²) < 4.78 is 1.72. The molecule has 0 fully saturated rings. The lowest BCUT2D eigenvalue weighted by Crippen LogP contribution is -2.30. The molecule has 0 saturated carbocycles. The van der Waals surface area contributed by atoms with Gasteiger partial charge in [0.1, 0.15) is 5.01 Å². The first-order valence-corrected chi connectivity index (χ1v) is 9.86. The van der Waals surface area contributed by atoms with Crippen molar-refractivity contribution in [1.82, 2.24) is 14.8 Å². The molecule has 2 heterocycles. The smallest absolute Gasteiger partial charge is 0.279 e. The molecule has 0 radical (unpaired) electrons. The van der Waals surface area contributed by atoms with E-state index in [4.69, 9.17) is 0 Å². The number of hydrogen-bond donors (Lipinski definition) is 0. The second-order valence-corrected chi connectivity index (χ2v) is 7.51. The van der Waals surface area contributed by atoms with Gasteiger partial charge >= 0.3 is 0 Å². The van der Waals surface area contributed by atoms with Crippen LogP contribution in [0.1, 0.15) is 21.2 Å². The summed E-state index contributed by atoms with van der Waals surface area (Å²) in [6, 6.07) is 20.0. The third-order valence-corrected chi connectivity index (χ3v) is 5.38. The number of aromatic nitrogens is 3. The third kappa shape index (κ3) is 3.73. The second-order valence-electron chi connectivity index (χ2n) is 6.53. The van der Waals surface area contributed by atoms with Crippen molar-refractivity contribution in [2.24, 2.45) is 7.05 Å². The molecule has 140 valence electrons. The standard InChI is InChI=1S/C22H20N4OS/c1-16-13-20(24-25(16)2)22(27)26(15-21-23-11-12-28-21)19-10-6-9-18(14-19)17-7-4-3-5-8-17/h3-14H,15H2,1-2H3. The fourth-order valence-electron chi connectivity index (χ4n) is 3.03. The average Bonchev–Trinajstić information content (AvgIpc) is 3.36.